The van der Waals surface area contributed by atoms with Crippen LogP contribution in [0.5, 0.6) is 11.5 Å². The van der Waals surface area contributed by atoms with Gasteiger partial charge in [0, 0.05) is 5.33 Å². The van der Waals surface area contributed by atoms with Gasteiger partial charge in [-0.1, -0.05) is 53.0 Å². The molecule has 18 heavy (non-hydrogen) atoms. The minimum Gasteiger partial charge on any atom is -0.493 e. The Labute approximate surface area is 122 Å². The fraction of sp³-hybridized carbons (Fsp3) is 0.429. The van der Waals surface area contributed by atoms with Crippen LogP contribution in [0.3, 0.4) is 0 Å². The van der Waals surface area contributed by atoms with Crippen molar-refractivity contribution >= 4 is 33.6 Å². The Morgan fingerprint density at radius 1 is 1.33 bits per heavy atom. The van der Waals surface area contributed by atoms with E-state index in [1.54, 1.807) is 14.2 Å². The monoisotopic (exact) mass is 332 g/mol. The van der Waals surface area contributed by atoms with Gasteiger partial charge in [-0.3, -0.25) is 0 Å². The first-order valence-corrected chi connectivity index (χ1v) is 7.21. The summed E-state index contributed by atoms with van der Waals surface area (Å²) >= 11 is 9.67. The van der Waals surface area contributed by atoms with Gasteiger partial charge in [0.1, 0.15) is 0 Å². The second kappa shape index (κ2) is 7.05. The lowest BCUT2D eigenvalue weighted by atomic mass is 10.0. The summed E-state index contributed by atoms with van der Waals surface area (Å²) in [7, 11) is 3.19. The molecule has 0 radical (unpaired) electrons. The van der Waals surface area contributed by atoms with Crippen LogP contribution in [0.1, 0.15) is 19.4 Å². The highest BCUT2D eigenvalue weighted by molar-refractivity contribution is 9.09. The number of alkyl halides is 1. The second-order valence-corrected chi connectivity index (χ2v) is 5.21. The summed E-state index contributed by atoms with van der Waals surface area (Å²) in [6.07, 6.45) is 2.12. The van der Waals surface area contributed by atoms with Crippen molar-refractivity contribution in [2.75, 3.05) is 19.5 Å². The molecule has 0 aliphatic heterocycles. The Bertz CT molecular complexity index is 442. The lowest BCUT2D eigenvalue weighted by molar-refractivity contribution is 0.355. The quantitative estimate of drug-likeness (QED) is 0.721. The highest BCUT2D eigenvalue weighted by Gasteiger charge is 2.11. The van der Waals surface area contributed by atoms with Gasteiger partial charge in [0.2, 0.25) is 0 Å². The second-order valence-electron chi connectivity index (χ2n) is 4.25. The van der Waals surface area contributed by atoms with Crippen LogP contribution in [0.4, 0.5) is 0 Å². The molecule has 0 saturated carbocycles. The maximum absolute atomic E-state index is 6.17. The fourth-order valence-corrected chi connectivity index (χ4v) is 2.70. The number of allylic oxidation sites excluding steroid dienone is 1. The molecule has 0 aromatic heterocycles. The predicted molar refractivity (Wildman–Crippen MR) is 81.2 cm³/mol. The van der Waals surface area contributed by atoms with Gasteiger partial charge in [0.05, 0.1) is 19.2 Å². The molecule has 0 unspecified atom stereocenters. The van der Waals surface area contributed by atoms with Crippen LogP contribution in [0.2, 0.25) is 5.02 Å². The number of halogens is 2. The Balaban J connectivity index is 3.23. The van der Waals surface area contributed by atoms with Crippen molar-refractivity contribution in [3.63, 3.8) is 0 Å². The van der Waals surface area contributed by atoms with Gasteiger partial charge >= 0.3 is 0 Å². The highest BCUT2D eigenvalue weighted by Crippen LogP contribution is 2.36. The van der Waals surface area contributed by atoms with E-state index in [2.05, 4.69) is 35.9 Å². The van der Waals surface area contributed by atoms with Gasteiger partial charge in [-0.05, 0) is 23.6 Å². The summed E-state index contributed by atoms with van der Waals surface area (Å²) in [6.45, 7) is 4.32. The first-order valence-electron chi connectivity index (χ1n) is 5.71. The van der Waals surface area contributed by atoms with Crippen LogP contribution in [0.25, 0.3) is 6.08 Å². The Morgan fingerprint density at radius 2 is 2.00 bits per heavy atom. The molecule has 1 aromatic carbocycles. The summed E-state index contributed by atoms with van der Waals surface area (Å²) < 4.78 is 10.5. The van der Waals surface area contributed by atoms with E-state index < -0.39 is 0 Å². The zero-order chi connectivity index (χ0) is 13.7. The highest BCUT2D eigenvalue weighted by atomic mass is 79.9. The van der Waals surface area contributed by atoms with Crippen molar-refractivity contribution in [1.29, 1.82) is 0 Å². The van der Waals surface area contributed by atoms with Crippen LogP contribution in [0.15, 0.2) is 17.7 Å². The number of hydrogen-bond acceptors (Lipinski definition) is 2. The van der Waals surface area contributed by atoms with E-state index in [1.807, 2.05) is 12.1 Å². The van der Waals surface area contributed by atoms with E-state index >= 15 is 0 Å². The van der Waals surface area contributed by atoms with Crippen LogP contribution in [-0.4, -0.2) is 19.5 Å². The molecule has 0 fully saturated rings. The van der Waals surface area contributed by atoms with E-state index in [0.717, 1.165) is 10.9 Å². The standard InChI is InChI=1S/C14H18BrClO2/c1-9(2)11(8-15)5-10-6-12(16)14(18-4)13(7-10)17-3/h5-7,9H,8H2,1-4H3. The largest absolute Gasteiger partial charge is 0.493 e. The lowest BCUT2D eigenvalue weighted by Crippen LogP contribution is -1.96. The minimum absolute atomic E-state index is 0.483. The summed E-state index contributed by atoms with van der Waals surface area (Å²) in [5.41, 5.74) is 2.32. The Kier molecular flexibility index (Phi) is 6.03. The molecule has 0 aliphatic carbocycles. The zero-order valence-corrected chi connectivity index (χ0v) is 13.4. The predicted octanol–water partition coefficient (Wildman–Crippen LogP) is 4.79. The van der Waals surface area contributed by atoms with Gasteiger partial charge in [-0.15, -0.1) is 0 Å². The first kappa shape index (κ1) is 15.4. The van der Waals surface area contributed by atoms with Crippen molar-refractivity contribution < 1.29 is 9.47 Å². The molecule has 0 spiro atoms. The number of hydrogen-bond donors (Lipinski definition) is 0. The van der Waals surface area contributed by atoms with Gasteiger partial charge in [0.15, 0.2) is 11.5 Å². The maximum Gasteiger partial charge on any atom is 0.179 e. The summed E-state index contributed by atoms with van der Waals surface area (Å²) in [5.74, 6) is 1.70. The Morgan fingerprint density at radius 3 is 2.44 bits per heavy atom. The smallest absolute Gasteiger partial charge is 0.179 e. The van der Waals surface area contributed by atoms with Crippen LogP contribution >= 0.6 is 27.5 Å². The molecule has 0 saturated heterocycles. The van der Waals surface area contributed by atoms with Crippen molar-refractivity contribution in [3.8, 4) is 11.5 Å². The van der Waals surface area contributed by atoms with Crippen molar-refractivity contribution in [2.45, 2.75) is 13.8 Å². The topological polar surface area (TPSA) is 18.5 Å². The SMILES string of the molecule is COc1cc(C=C(CBr)C(C)C)cc(Cl)c1OC. The molecule has 2 nitrogen and oxygen atoms in total. The van der Waals surface area contributed by atoms with Crippen molar-refractivity contribution in [1.82, 2.24) is 0 Å². The van der Waals surface area contributed by atoms with Gasteiger partial charge in [-0.2, -0.15) is 0 Å². The van der Waals surface area contributed by atoms with E-state index in [-0.39, 0.29) is 0 Å². The molecular weight excluding hydrogens is 316 g/mol. The van der Waals surface area contributed by atoms with Crippen LogP contribution < -0.4 is 9.47 Å². The third-order valence-corrected chi connectivity index (χ3v) is 3.63. The molecule has 0 aliphatic rings. The number of ether oxygens (including phenoxy) is 2. The molecule has 1 aromatic rings. The molecule has 4 heteroatoms. The molecule has 1 rings (SSSR count). The Hall–Kier alpha value is -0.670. The minimum atomic E-state index is 0.483. The third-order valence-electron chi connectivity index (χ3n) is 2.70. The number of rotatable bonds is 5. The van der Waals surface area contributed by atoms with E-state index in [1.165, 1.54) is 5.57 Å². The molecule has 0 heterocycles. The number of methoxy groups -OCH3 is 2. The van der Waals surface area contributed by atoms with Crippen molar-refractivity contribution in [3.05, 3.63) is 28.3 Å². The van der Waals surface area contributed by atoms with E-state index in [4.69, 9.17) is 21.1 Å². The maximum atomic E-state index is 6.17. The van der Waals surface area contributed by atoms with Gasteiger partial charge < -0.3 is 9.47 Å². The molecule has 0 N–H and O–H groups in total. The van der Waals surface area contributed by atoms with Crippen molar-refractivity contribution in [2.24, 2.45) is 5.92 Å². The lowest BCUT2D eigenvalue weighted by Gasteiger charge is -2.12. The molecule has 0 atom stereocenters. The normalized spacial score (nSPS) is 11.8. The molecule has 0 amide bonds. The summed E-state index contributed by atoms with van der Waals surface area (Å²) in [5, 5.41) is 1.40. The molecular formula is C14H18BrClO2. The van der Waals surface area contributed by atoms with E-state index in [0.29, 0.717) is 22.4 Å². The summed E-state index contributed by atoms with van der Waals surface area (Å²) in [6, 6.07) is 3.81. The molecule has 100 valence electrons. The van der Waals surface area contributed by atoms with Crippen LogP contribution in [-0.2, 0) is 0 Å². The van der Waals surface area contributed by atoms with Gasteiger partial charge in [-0.25, -0.2) is 0 Å². The van der Waals surface area contributed by atoms with E-state index in [9.17, 15) is 0 Å². The van der Waals surface area contributed by atoms with Crippen LogP contribution in [0, 0.1) is 5.92 Å². The average molecular weight is 334 g/mol. The summed E-state index contributed by atoms with van der Waals surface area (Å²) in [4.78, 5) is 0. The average Bonchev–Trinajstić information content (AvgIpc) is 2.34. The zero-order valence-electron chi connectivity index (χ0n) is 11.1. The third kappa shape index (κ3) is 3.66. The van der Waals surface area contributed by atoms with Gasteiger partial charge in [0.25, 0.3) is 0 Å². The first-order chi connectivity index (χ1) is 8.53. The number of benzene rings is 1. The fourth-order valence-electron chi connectivity index (χ4n) is 1.59. The molecule has 0 bridgehead atoms.